The number of hydrogen-bond donors (Lipinski definition) is 4. The van der Waals surface area contributed by atoms with Crippen molar-refractivity contribution >= 4 is 27.5 Å². The molecular weight excluding hydrogens is 476 g/mol. The topological polar surface area (TPSA) is 157 Å². The van der Waals surface area contributed by atoms with E-state index in [4.69, 9.17) is 16.3 Å². The monoisotopic (exact) mass is 502 g/mol. The number of nitrogens with one attached hydrogen (secondary N) is 2. The van der Waals surface area contributed by atoms with Gasteiger partial charge in [-0.1, -0.05) is 48.5 Å². The molecule has 0 aliphatic carbocycles. The summed E-state index contributed by atoms with van der Waals surface area (Å²) >= 11 is 0. The number of primary sulfonamides is 1. The Bertz CT molecular complexity index is 1480. The molecule has 1 atom stereocenters. The average molecular weight is 503 g/mol. The van der Waals surface area contributed by atoms with Crippen molar-refractivity contribution < 1.29 is 13.2 Å². The fourth-order valence-electron chi connectivity index (χ4n) is 4.00. The number of nitrogens with two attached hydrogens (primary N) is 2. The minimum atomic E-state index is -3.88. The Hall–Kier alpha value is -4.28. The lowest BCUT2D eigenvalue weighted by atomic mass is 9.93. The van der Waals surface area contributed by atoms with E-state index < -0.39 is 10.0 Å². The Balaban J connectivity index is 1.52. The van der Waals surface area contributed by atoms with Crippen molar-refractivity contribution in [3.63, 3.8) is 0 Å². The van der Waals surface area contributed by atoms with Crippen LogP contribution in [0.4, 0.5) is 5.69 Å². The maximum atomic E-state index is 13.0. The molecule has 10 heteroatoms. The molecule has 1 heterocycles. The number of carbonyl (C=O) groups excluding carboxylic acids is 1. The van der Waals surface area contributed by atoms with E-state index in [1.165, 1.54) is 6.07 Å². The van der Waals surface area contributed by atoms with E-state index in [0.717, 1.165) is 5.56 Å². The van der Waals surface area contributed by atoms with Crippen LogP contribution in [-0.2, 0) is 21.4 Å². The SMILES string of the molecule is N=C(N)c1cccc(C(CC(=O)Nc2ccc(-c3ccccc3S(N)(=O)=O)cc2)Cn2cccn2)c1. The summed E-state index contributed by atoms with van der Waals surface area (Å²) < 4.78 is 25.6. The van der Waals surface area contributed by atoms with Crippen molar-refractivity contribution in [2.24, 2.45) is 10.9 Å². The Morgan fingerprint density at radius 2 is 1.78 bits per heavy atom. The number of hydrogen-bond acceptors (Lipinski definition) is 5. The fraction of sp³-hybridized carbons (Fsp3) is 0.115. The van der Waals surface area contributed by atoms with Crippen LogP contribution in [0.15, 0.2) is 96.2 Å². The second-order valence-electron chi connectivity index (χ2n) is 8.33. The number of sulfonamides is 1. The molecule has 0 bridgehead atoms. The highest BCUT2D eigenvalue weighted by Crippen LogP contribution is 2.28. The predicted octanol–water partition coefficient (Wildman–Crippen LogP) is 3.29. The number of rotatable bonds is 9. The normalized spacial score (nSPS) is 12.1. The van der Waals surface area contributed by atoms with Gasteiger partial charge in [0.1, 0.15) is 5.84 Å². The Morgan fingerprint density at radius 3 is 2.44 bits per heavy atom. The average Bonchev–Trinajstić information content (AvgIpc) is 3.37. The molecule has 6 N–H and O–H groups in total. The summed E-state index contributed by atoms with van der Waals surface area (Å²) in [7, 11) is -3.88. The summed E-state index contributed by atoms with van der Waals surface area (Å²) in [5.74, 6) is -0.438. The van der Waals surface area contributed by atoms with Gasteiger partial charge in [0.2, 0.25) is 15.9 Å². The minimum absolute atomic E-state index is 0.0380. The van der Waals surface area contributed by atoms with Gasteiger partial charge in [-0.2, -0.15) is 5.10 Å². The zero-order valence-corrected chi connectivity index (χ0v) is 20.2. The summed E-state index contributed by atoms with van der Waals surface area (Å²) in [6.45, 7) is 0.477. The first-order chi connectivity index (χ1) is 17.2. The minimum Gasteiger partial charge on any atom is -0.384 e. The van der Waals surface area contributed by atoms with E-state index in [1.54, 1.807) is 59.4 Å². The van der Waals surface area contributed by atoms with Gasteiger partial charge in [-0.15, -0.1) is 0 Å². The number of nitrogens with zero attached hydrogens (tertiary/aromatic N) is 2. The van der Waals surface area contributed by atoms with Gasteiger partial charge in [-0.25, -0.2) is 13.6 Å². The van der Waals surface area contributed by atoms with Crippen molar-refractivity contribution in [3.05, 3.63) is 102 Å². The molecule has 3 aromatic carbocycles. The van der Waals surface area contributed by atoms with Crippen LogP contribution in [-0.4, -0.2) is 29.9 Å². The Labute approximate surface area is 209 Å². The van der Waals surface area contributed by atoms with Gasteiger partial charge < -0.3 is 11.1 Å². The van der Waals surface area contributed by atoms with Crippen molar-refractivity contribution in [3.8, 4) is 11.1 Å². The first kappa shape index (κ1) is 24.8. The van der Waals surface area contributed by atoms with Crippen molar-refractivity contribution in [1.82, 2.24) is 9.78 Å². The zero-order valence-electron chi connectivity index (χ0n) is 19.3. The van der Waals surface area contributed by atoms with Crippen molar-refractivity contribution in [2.45, 2.75) is 23.8 Å². The van der Waals surface area contributed by atoms with Crippen LogP contribution in [0, 0.1) is 5.41 Å². The molecule has 4 rings (SSSR count). The van der Waals surface area contributed by atoms with E-state index in [1.807, 2.05) is 30.5 Å². The van der Waals surface area contributed by atoms with E-state index >= 15 is 0 Å². The largest absolute Gasteiger partial charge is 0.384 e. The van der Waals surface area contributed by atoms with Gasteiger partial charge in [0, 0.05) is 48.1 Å². The molecular formula is C26H26N6O3S. The number of benzene rings is 3. The van der Waals surface area contributed by atoms with Gasteiger partial charge in [-0.05, 0) is 41.5 Å². The number of aromatic nitrogens is 2. The molecule has 0 aliphatic rings. The fourth-order valence-corrected chi connectivity index (χ4v) is 4.77. The van der Waals surface area contributed by atoms with Gasteiger partial charge in [0.25, 0.3) is 0 Å². The van der Waals surface area contributed by atoms with Gasteiger partial charge in [0.15, 0.2) is 0 Å². The standard InChI is InChI=1S/C26H26N6O3S/c27-26(28)20-6-3-5-19(15-20)21(17-32-14-4-13-30-32)16-25(33)31-22-11-9-18(10-12-22)23-7-1-2-8-24(23)36(29,34)35/h1-15,21H,16-17H2,(H3,27,28)(H,31,33)(H2,29,34,35). The second-order valence-corrected chi connectivity index (χ2v) is 9.86. The van der Waals surface area contributed by atoms with Crippen molar-refractivity contribution in [2.75, 3.05) is 5.32 Å². The molecule has 1 unspecified atom stereocenters. The van der Waals surface area contributed by atoms with Crippen LogP contribution in [0.2, 0.25) is 0 Å². The number of anilines is 1. The first-order valence-electron chi connectivity index (χ1n) is 11.1. The van der Waals surface area contributed by atoms with E-state index in [-0.39, 0.29) is 29.0 Å². The molecule has 0 radical (unpaired) electrons. The number of carbonyl (C=O) groups is 1. The van der Waals surface area contributed by atoms with E-state index in [0.29, 0.717) is 28.9 Å². The number of nitrogen functional groups attached to an aromatic ring is 1. The van der Waals surface area contributed by atoms with E-state index in [9.17, 15) is 13.2 Å². The van der Waals surface area contributed by atoms with E-state index in [2.05, 4.69) is 10.4 Å². The summed E-state index contributed by atoms with van der Waals surface area (Å²) in [4.78, 5) is 13.0. The molecule has 0 saturated heterocycles. The summed E-state index contributed by atoms with van der Waals surface area (Å²) in [6, 6.07) is 22.5. The lowest BCUT2D eigenvalue weighted by Crippen LogP contribution is -2.20. The molecule has 0 saturated carbocycles. The maximum absolute atomic E-state index is 13.0. The lowest BCUT2D eigenvalue weighted by Gasteiger charge is -2.18. The zero-order chi connectivity index (χ0) is 25.7. The highest BCUT2D eigenvalue weighted by Gasteiger charge is 2.19. The smallest absolute Gasteiger partial charge is 0.238 e. The number of amides is 1. The molecule has 9 nitrogen and oxygen atoms in total. The van der Waals surface area contributed by atoms with Crippen LogP contribution >= 0.6 is 0 Å². The van der Waals surface area contributed by atoms with Crippen LogP contribution < -0.4 is 16.2 Å². The molecule has 1 amide bonds. The molecule has 0 fully saturated rings. The second kappa shape index (κ2) is 10.5. The predicted molar refractivity (Wildman–Crippen MR) is 139 cm³/mol. The summed E-state index contributed by atoms with van der Waals surface area (Å²) in [5.41, 5.74) is 8.85. The third kappa shape index (κ3) is 6.04. The molecule has 36 heavy (non-hydrogen) atoms. The molecule has 184 valence electrons. The highest BCUT2D eigenvalue weighted by atomic mass is 32.2. The third-order valence-electron chi connectivity index (χ3n) is 5.74. The quantitative estimate of drug-likeness (QED) is 0.204. The van der Waals surface area contributed by atoms with Crippen molar-refractivity contribution in [1.29, 1.82) is 5.41 Å². The Kier molecular flexibility index (Phi) is 7.28. The van der Waals surface area contributed by atoms with Gasteiger partial charge >= 0.3 is 0 Å². The highest BCUT2D eigenvalue weighted by molar-refractivity contribution is 7.89. The lowest BCUT2D eigenvalue weighted by molar-refractivity contribution is -0.116. The summed E-state index contributed by atoms with van der Waals surface area (Å²) in [6.07, 6.45) is 3.69. The summed E-state index contributed by atoms with van der Waals surface area (Å²) in [5, 5.41) is 20.2. The molecule has 4 aromatic rings. The number of amidine groups is 1. The maximum Gasteiger partial charge on any atom is 0.238 e. The van der Waals surface area contributed by atoms with Gasteiger partial charge in [0.05, 0.1) is 4.90 Å². The molecule has 0 spiro atoms. The Morgan fingerprint density at radius 1 is 1.03 bits per heavy atom. The third-order valence-corrected chi connectivity index (χ3v) is 6.71. The molecule has 1 aromatic heterocycles. The van der Waals surface area contributed by atoms with Crippen LogP contribution in [0.1, 0.15) is 23.5 Å². The van der Waals surface area contributed by atoms with Gasteiger partial charge in [-0.3, -0.25) is 14.9 Å². The van der Waals surface area contributed by atoms with Crippen LogP contribution in [0.25, 0.3) is 11.1 Å². The van der Waals surface area contributed by atoms with Crippen LogP contribution in [0.3, 0.4) is 0 Å². The first-order valence-corrected chi connectivity index (χ1v) is 12.7. The van der Waals surface area contributed by atoms with Crippen LogP contribution in [0.5, 0.6) is 0 Å². The molecule has 0 aliphatic heterocycles.